The molecule has 21 heavy (non-hydrogen) atoms. The predicted octanol–water partition coefficient (Wildman–Crippen LogP) is 3.91. The summed E-state index contributed by atoms with van der Waals surface area (Å²) in [5.41, 5.74) is 1.81. The van der Waals surface area contributed by atoms with Gasteiger partial charge >= 0.3 is 5.97 Å². The molecule has 0 N–H and O–H groups in total. The molecule has 0 atom stereocenters. The lowest BCUT2D eigenvalue weighted by atomic mass is 10.1. The molecular weight excluding hydrogens is 268 g/mol. The summed E-state index contributed by atoms with van der Waals surface area (Å²) >= 11 is 0. The highest BCUT2D eigenvalue weighted by molar-refractivity contribution is 6.16. The average molecular weight is 284 g/mol. The summed E-state index contributed by atoms with van der Waals surface area (Å²) in [6.07, 6.45) is 0. The van der Waals surface area contributed by atoms with Crippen molar-refractivity contribution in [1.82, 2.24) is 0 Å². The van der Waals surface area contributed by atoms with Crippen LogP contribution in [0.4, 0.5) is 0 Å². The van der Waals surface area contributed by atoms with Crippen molar-refractivity contribution < 1.29 is 19.3 Å². The van der Waals surface area contributed by atoms with Crippen molar-refractivity contribution in [2.75, 3.05) is 7.11 Å². The highest BCUT2D eigenvalue weighted by Crippen LogP contribution is 2.30. The Balaban J connectivity index is 2.29. The molecule has 2 aromatic carbocycles. The number of carbonyl (C=O) groups is 1. The minimum Gasteiger partial charge on any atom is -0.457 e. The van der Waals surface area contributed by atoms with Crippen LogP contribution >= 0.6 is 0 Å². The molecule has 0 saturated carbocycles. The minimum absolute atomic E-state index is 0.167. The standard InChI is InChI=1S/C17H16O4/c1-12-7-6-8-14(11-12)20-16-10-5-4-9-15(16)13(2)17(18)21-19-3/h4-11H,2H2,1,3H3. The zero-order valence-corrected chi connectivity index (χ0v) is 12.0. The van der Waals surface area contributed by atoms with E-state index in [1.807, 2.05) is 37.3 Å². The molecule has 4 heteroatoms. The van der Waals surface area contributed by atoms with Gasteiger partial charge in [-0.2, -0.15) is 4.89 Å². The van der Waals surface area contributed by atoms with E-state index in [2.05, 4.69) is 16.4 Å². The maximum atomic E-state index is 11.7. The van der Waals surface area contributed by atoms with Crippen molar-refractivity contribution in [3.63, 3.8) is 0 Å². The van der Waals surface area contributed by atoms with Gasteiger partial charge in [0.25, 0.3) is 0 Å². The van der Waals surface area contributed by atoms with Crippen LogP contribution in [0.15, 0.2) is 55.1 Å². The Hall–Kier alpha value is -2.59. The minimum atomic E-state index is -0.655. The normalized spacial score (nSPS) is 10.0. The van der Waals surface area contributed by atoms with Gasteiger partial charge in [-0.1, -0.05) is 36.9 Å². The first-order valence-electron chi connectivity index (χ1n) is 6.39. The Kier molecular flexibility index (Phi) is 4.74. The Labute approximate surface area is 123 Å². The van der Waals surface area contributed by atoms with Crippen LogP contribution in [0.5, 0.6) is 11.5 Å². The van der Waals surface area contributed by atoms with Crippen LogP contribution in [0, 0.1) is 6.92 Å². The van der Waals surface area contributed by atoms with E-state index in [0.717, 1.165) is 5.56 Å². The molecule has 108 valence electrons. The van der Waals surface area contributed by atoms with Gasteiger partial charge in [0, 0.05) is 5.56 Å². The summed E-state index contributed by atoms with van der Waals surface area (Å²) in [4.78, 5) is 20.6. The molecule has 0 heterocycles. The lowest BCUT2D eigenvalue weighted by molar-refractivity contribution is -0.248. The van der Waals surface area contributed by atoms with Gasteiger partial charge in [0.2, 0.25) is 0 Å². The van der Waals surface area contributed by atoms with Crippen LogP contribution in [-0.4, -0.2) is 13.1 Å². The van der Waals surface area contributed by atoms with Gasteiger partial charge in [0.05, 0.1) is 12.7 Å². The Morgan fingerprint density at radius 2 is 1.86 bits per heavy atom. The van der Waals surface area contributed by atoms with E-state index in [1.54, 1.807) is 18.2 Å². The zero-order chi connectivity index (χ0) is 15.2. The monoisotopic (exact) mass is 284 g/mol. The fraction of sp³-hybridized carbons (Fsp3) is 0.118. The van der Waals surface area contributed by atoms with Crippen LogP contribution in [0.2, 0.25) is 0 Å². The van der Waals surface area contributed by atoms with Gasteiger partial charge in [0.15, 0.2) is 0 Å². The quantitative estimate of drug-likeness (QED) is 0.474. The number of para-hydroxylation sites is 1. The molecule has 0 unspecified atom stereocenters. The molecule has 2 aromatic rings. The van der Waals surface area contributed by atoms with E-state index in [-0.39, 0.29) is 5.57 Å². The molecule has 0 amide bonds. The highest BCUT2D eigenvalue weighted by Gasteiger charge is 2.16. The third kappa shape index (κ3) is 3.70. The molecule has 4 nitrogen and oxygen atoms in total. The zero-order valence-electron chi connectivity index (χ0n) is 12.0. The number of rotatable bonds is 5. The molecule has 0 fully saturated rings. The van der Waals surface area contributed by atoms with Crippen molar-refractivity contribution in [2.24, 2.45) is 0 Å². The van der Waals surface area contributed by atoms with Crippen molar-refractivity contribution in [1.29, 1.82) is 0 Å². The van der Waals surface area contributed by atoms with E-state index in [1.165, 1.54) is 7.11 Å². The average Bonchev–Trinajstić information content (AvgIpc) is 2.47. The van der Waals surface area contributed by atoms with E-state index < -0.39 is 5.97 Å². The maximum Gasteiger partial charge on any atom is 0.373 e. The lowest BCUT2D eigenvalue weighted by Crippen LogP contribution is -2.06. The molecule has 0 bridgehead atoms. The molecule has 0 radical (unpaired) electrons. The molecule has 0 saturated heterocycles. The summed E-state index contributed by atoms with van der Waals surface area (Å²) in [5.74, 6) is 0.564. The number of aryl methyl sites for hydroxylation is 1. The molecule has 0 aliphatic carbocycles. The number of benzene rings is 2. The van der Waals surface area contributed by atoms with Crippen LogP contribution in [0.1, 0.15) is 11.1 Å². The van der Waals surface area contributed by atoms with Crippen LogP contribution in [-0.2, 0) is 14.6 Å². The van der Waals surface area contributed by atoms with Crippen LogP contribution < -0.4 is 4.74 Å². The van der Waals surface area contributed by atoms with Crippen molar-refractivity contribution in [2.45, 2.75) is 6.92 Å². The van der Waals surface area contributed by atoms with E-state index in [9.17, 15) is 4.79 Å². The van der Waals surface area contributed by atoms with Gasteiger partial charge in [0.1, 0.15) is 11.5 Å². The highest BCUT2D eigenvalue weighted by atomic mass is 17.2. The summed E-state index contributed by atoms with van der Waals surface area (Å²) in [5, 5.41) is 0. The Morgan fingerprint density at radius 1 is 1.10 bits per heavy atom. The Bertz CT molecular complexity index is 661. The number of carbonyl (C=O) groups excluding carboxylic acids is 1. The van der Waals surface area contributed by atoms with E-state index in [4.69, 9.17) is 4.74 Å². The van der Waals surface area contributed by atoms with E-state index >= 15 is 0 Å². The van der Waals surface area contributed by atoms with Gasteiger partial charge in [-0.3, -0.25) is 4.89 Å². The fourth-order valence-corrected chi connectivity index (χ4v) is 1.85. The smallest absolute Gasteiger partial charge is 0.373 e. The SMILES string of the molecule is C=C(C(=O)OOC)c1ccccc1Oc1cccc(C)c1. The van der Waals surface area contributed by atoms with Gasteiger partial charge in [-0.15, -0.1) is 0 Å². The van der Waals surface area contributed by atoms with Gasteiger partial charge in [-0.05, 0) is 30.7 Å². The number of ether oxygens (including phenoxy) is 1. The molecular formula is C17H16O4. The molecule has 0 aliphatic rings. The van der Waals surface area contributed by atoms with Gasteiger partial charge < -0.3 is 4.74 Å². The summed E-state index contributed by atoms with van der Waals surface area (Å²) in [6, 6.07) is 14.8. The van der Waals surface area contributed by atoms with Crippen LogP contribution in [0.3, 0.4) is 0 Å². The predicted molar refractivity (Wildman–Crippen MR) is 79.8 cm³/mol. The second-order valence-electron chi connectivity index (χ2n) is 4.43. The largest absolute Gasteiger partial charge is 0.457 e. The topological polar surface area (TPSA) is 44.8 Å². The van der Waals surface area contributed by atoms with Crippen molar-refractivity contribution >= 4 is 11.5 Å². The van der Waals surface area contributed by atoms with E-state index in [0.29, 0.717) is 17.1 Å². The maximum absolute atomic E-state index is 11.7. The molecule has 0 aliphatic heterocycles. The number of hydrogen-bond donors (Lipinski definition) is 0. The second-order valence-corrected chi connectivity index (χ2v) is 4.43. The van der Waals surface area contributed by atoms with Crippen molar-refractivity contribution in [3.05, 3.63) is 66.2 Å². The lowest BCUT2D eigenvalue weighted by Gasteiger charge is -2.12. The van der Waals surface area contributed by atoms with Crippen LogP contribution in [0.25, 0.3) is 5.57 Å². The fourth-order valence-electron chi connectivity index (χ4n) is 1.85. The first kappa shape index (κ1) is 14.8. The summed E-state index contributed by atoms with van der Waals surface area (Å²) in [7, 11) is 1.26. The molecule has 0 spiro atoms. The second kappa shape index (κ2) is 6.72. The molecule has 0 aromatic heterocycles. The number of hydrogen-bond acceptors (Lipinski definition) is 4. The molecule has 2 rings (SSSR count). The first-order valence-corrected chi connectivity index (χ1v) is 6.39. The summed E-state index contributed by atoms with van der Waals surface area (Å²) in [6.45, 7) is 5.71. The third-order valence-corrected chi connectivity index (χ3v) is 2.83. The first-order chi connectivity index (χ1) is 10.1. The Morgan fingerprint density at radius 3 is 2.57 bits per heavy atom. The van der Waals surface area contributed by atoms with Crippen molar-refractivity contribution in [3.8, 4) is 11.5 Å². The van der Waals surface area contributed by atoms with Gasteiger partial charge in [-0.25, -0.2) is 4.79 Å². The third-order valence-electron chi connectivity index (χ3n) is 2.83. The summed E-state index contributed by atoms with van der Waals surface area (Å²) < 4.78 is 5.83.